The lowest BCUT2D eigenvalue weighted by atomic mass is 10.1. The molecule has 0 saturated heterocycles. The summed E-state index contributed by atoms with van der Waals surface area (Å²) in [5.41, 5.74) is 0.844. The number of nitrogens with zero attached hydrogens (tertiary/aromatic N) is 1. The van der Waals surface area contributed by atoms with Gasteiger partial charge in [-0.3, -0.25) is 0 Å². The molecule has 1 aromatic rings. The fraction of sp³-hybridized carbons (Fsp3) is 0.667. The second kappa shape index (κ2) is 3.90. The maximum absolute atomic E-state index is 12.6. The molecule has 0 bridgehead atoms. The summed E-state index contributed by atoms with van der Waals surface area (Å²) in [5, 5.41) is 9.72. The van der Waals surface area contributed by atoms with Crippen LogP contribution in [0.4, 0.5) is 8.78 Å². The Morgan fingerprint density at radius 3 is 2.43 bits per heavy atom. The van der Waals surface area contributed by atoms with Crippen LogP contribution in [0.25, 0.3) is 0 Å². The third-order valence-electron chi connectivity index (χ3n) is 2.03. The molecule has 1 N–H and O–H groups in total. The molecule has 1 heterocycles. The van der Waals surface area contributed by atoms with Gasteiger partial charge >= 0.3 is 0 Å². The number of rotatable bonds is 3. The van der Waals surface area contributed by atoms with Crippen molar-refractivity contribution in [2.24, 2.45) is 0 Å². The van der Waals surface area contributed by atoms with Crippen molar-refractivity contribution in [3.63, 3.8) is 0 Å². The Hall–Kier alpha value is -0.550. The van der Waals surface area contributed by atoms with Gasteiger partial charge in [-0.1, -0.05) is 0 Å². The van der Waals surface area contributed by atoms with E-state index in [9.17, 15) is 8.78 Å². The summed E-state index contributed by atoms with van der Waals surface area (Å²) in [4.78, 5) is 5.10. The van der Waals surface area contributed by atoms with E-state index in [0.29, 0.717) is 11.9 Å². The molecule has 0 radical (unpaired) electrons. The van der Waals surface area contributed by atoms with E-state index in [1.807, 2.05) is 13.8 Å². The average Bonchev–Trinajstić information content (AvgIpc) is 2.29. The molecule has 0 aromatic carbocycles. The fourth-order valence-electron chi connectivity index (χ4n) is 0.971. The first-order chi connectivity index (χ1) is 6.30. The van der Waals surface area contributed by atoms with Crippen molar-refractivity contribution in [2.75, 3.05) is 0 Å². The number of aryl methyl sites for hydroxylation is 2. The molecular formula is C9H13F2NOS. The van der Waals surface area contributed by atoms with Gasteiger partial charge in [-0.15, -0.1) is 11.3 Å². The zero-order chi connectivity index (χ0) is 10.9. The fourth-order valence-corrected chi connectivity index (χ4v) is 1.94. The van der Waals surface area contributed by atoms with Gasteiger partial charge in [0, 0.05) is 18.2 Å². The molecule has 0 saturated carbocycles. The van der Waals surface area contributed by atoms with E-state index >= 15 is 0 Å². The molecule has 80 valence electrons. The largest absolute Gasteiger partial charge is 0.386 e. The molecule has 1 aromatic heterocycles. The number of aliphatic hydroxyl groups excluding tert-OH is 1. The van der Waals surface area contributed by atoms with Crippen LogP contribution in [-0.4, -0.2) is 22.1 Å². The molecule has 1 unspecified atom stereocenters. The molecule has 0 spiro atoms. The Kier molecular flexibility index (Phi) is 3.21. The Balaban J connectivity index is 2.70. The molecule has 0 aliphatic carbocycles. The number of hydrogen-bond acceptors (Lipinski definition) is 3. The highest BCUT2D eigenvalue weighted by atomic mass is 32.1. The summed E-state index contributed by atoms with van der Waals surface area (Å²) < 4.78 is 25.3. The van der Waals surface area contributed by atoms with Gasteiger partial charge < -0.3 is 5.11 Å². The van der Waals surface area contributed by atoms with E-state index in [4.69, 9.17) is 5.11 Å². The predicted molar refractivity (Wildman–Crippen MR) is 51.9 cm³/mol. The summed E-state index contributed by atoms with van der Waals surface area (Å²) in [6.45, 7) is 4.42. The molecule has 0 amide bonds. The second-order valence-corrected chi connectivity index (χ2v) is 4.71. The van der Waals surface area contributed by atoms with Gasteiger partial charge in [0.25, 0.3) is 5.92 Å². The van der Waals surface area contributed by atoms with Crippen LogP contribution in [0.5, 0.6) is 0 Å². The average molecular weight is 221 g/mol. The number of thiazole rings is 1. The lowest BCUT2D eigenvalue weighted by Gasteiger charge is -2.16. The molecule has 0 aliphatic heterocycles. The molecule has 1 rings (SSSR count). The Bertz CT molecular complexity index is 300. The van der Waals surface area contributed by atoms with Crippen LogP contribution in [0, 0.1) is 13.8 Å². The number of aliphatic hydroxyl groups is 1. The van der Waals surface area contributed by atoms with Crippen molar-refractivity contribution >= 4 is 11.3 Å². The zero-order valence-corrected chi connectivity index (χ0v) is 9.16. The van der Waals surface area contributed by atoms with Crippen molar-refractivity contribution in [2.45, 2.75) is 39.2 Å². The molecule has 5 heteroatoms. The van der Waals surface area contributed by atoms with E-state index in [1.54, 1.807) is 0 Å². The van der Waals surface area contributed by atoms with Crippen LogP contribution in [0.3, 0.4) is 0 Å². The maximum atomic E-state index is 12.6. The third kappa shape index (κ3) is 2.72. The summed E-state index contributed by atoms with van der Waals surface area (Å²) in [6.07, 6.45) is -1.73. The first-order valence-electron chi connectivity index (χ1n) is 4.29. The van der Waals surface area contributed by atoms with Gasteiger partial charge in [-0.05, 0) is 13.8 Å². The smallest absolute Gasteiger partial charge is 0.271 e. The summed E-state index contributed by atoms with van der Waals surface area (Å²) >= 11 is 1.35. The van der Waals surface area contributed by atoms with Crippen molar-refractivity contribution in [1.82, 2.24) is 4.98 Å². The van der Waals surface area contributed by atoms with E-state index in [2.05, 4.69) is 4.98 Å². The minimum Gasteiger partial charge on any atom is -0.386 e. The normalized spacial score (nSPS) is 14.4. The highest BCUT2D eigenvalue weighted by molar-refractivity contribution is 7.11. The number of halogens is 2. The van der Waals surface area contributed by atoms with Crippen molar-refractivity contribution in [3.8, 4) is 0 Å². The molecule has 1 atom stereocenters. The van der Waals surface area contributed by atoms with Gasteiger partial charge in [0.15, 0.2) is 0 Å². The van der Waals surface area contributed by atoms with Crippen molar-refractivity contribution < 1.29 is 13.9 Å². The van der Waals surface area contributed by atoms with Gasteiger partial charge in [0.2, 0.25) is 0 Å². The Morgan fingerprint density at radius 1 is 1.50 bits per heavy atom. The van der Waals surface area contributed by atoms with Crippen LogP contribution >= 0.6 is 11.3 Å². The monoisotopic (exact) mass is 221 g/mol. The summed E-state index contributed by atoms with van der Waals surface area (Å²) in [7, 11) is 0. The molecule has 0 fully saturated rings. The van der Waals surface area contributed by atoms with Crippen LogP contribution in [0.1, 0.15) is 22.5 Å². The minimum atomic E-state index is -3.06. The molecule has 14 heavy (non-hydrogen) atoms. The van der Waals surface area contributed by atoms with Crippen LogP contribution in [0.2, 0.25) is 0 Å². The van der Waals surface area contributed by atoms with Crippen LogP contribution in [-0.2, 0) is 6.42 Å². The molecular weight excluding hydrogens is 208 g/mol. The molecule has 2 nitrogen and oxygen atoms in total. The van der Waals surface area contributed by atoms with E-state index < -0.39 is 12.0 Å². The van der Waals surface area contributed by atoms with E-state index in [-0.39, 0.29) is 6.42 Å². The van der Waals surface area contributed by atoms with Crippen molar-refractivity contribution in [3.05, 3.63) is 15.6 Å². The van der Waals surface area contributed by atoms with Gasteiger partial charge in [0.05, 0.1) is 10.7 Å². The highest BCUT2D eigenvalue weighted by Gasteiger charge is 2.33. The maximum Gasteiger partial charge on any atom is 0.271 e. The first-order valence-corrected chi connectivity index (χ1v) is 5.11. The topological polar surface area (TPSA) is 33.1 Å². The van der Waals surface area contributed by atoms with Gasteiger partial charge in [-0.25, -0.2) is 13.8 Å². The number of aromatic nitrogens is 1. The first kappa shape index (κ1) is 11.5. The zero-order valence-electron chi connectivity index (χ0n) is 8.34. The van der Waals surface area contributed by atoms with E-state index in [1.165, 1.54) is 11.3 Å². The summed E-state index contributed by atoms with van der Waals surface area (Å²) in [5.74, 6) is -3.06. The number of hydrogen-bond donors (Lipinski definition) is 1. The quantitative estimate of drug-likeness (QED) is 0.849. The minimum absolute atomic E-state index is 0.0805. The van der Waals surface area contributed by atoms with Crippen LogP contribution in [0.15, 0.2) is 0 Å². The lowest BCUT2D eigenvalue weighted by Crippen LogP contribution is -2.31. The standard InChI is InChI=1S/C9H13F2NOS/c1-5-6(2)14-8(12-5)4-7(13)9(3,10)11/h7,13H,4H2,1-3H3. The van der Waals surface area contributed by atoms with Gasteiger partial charge in [0.1, 0.15) is 6.10 Å². The Labute approximate surface area is 85.6 Å². The second-order valence-electron chi connectivity index (χ2n) is 3.43. The van der Waals surface area contributed by atoms with E-state index in [0.717, 1.165) is 10.6 Å². The number of alkyl halides is 2. The van der Waals surface area contributed by atoms with Crippen LogP contribution < -0.4 is 0 Å². The Morgan fingerprint density at radius 2 is 2.07 bits per heavy atom. The van der Waals surface area contributed by atoms with Gasteiger partial charge in [-0.2, -0.15) is 0 Å². The predicted octanol–water partition coefficient (Wildman–Crippen LogP) is 2.32. The molecule has 0 aliphatic rings. The third-order valence-corrected chi connectivity index (χ3v) is 3.12. The summed E-state index contributed by atoms with van der Waals surface area (Å²) in [6, 6.07) is 0. The SMILES string of the molecule is Cc1nc(CC(O)C(C)(F)F)sc1C. The lowest BCUT2D eigenvalue weighted by molar-refractivity contribution is -0.0921. The highest BCUT2D eigenvalue weighted by Crippen LogP contribution is 2.24. The van der Waals surface area contributed by atoms with Crippen molar-refractivity contribution in [1.29, 1.82) is 0 Å².